The summed E-state index contributed by atoms with van der Waals surface area (Å²) in [7, 11) is 0. The molecule has 1 heterocycles. The number of carbonyl (C=O) groups excluding carboxylic acids is 1. The number of nitrogens with one attached hydrogen (secondary N) is 2. The minimum Gasteiger partial charge on any atom is -0.326 e. The minimum absolute atomic E-state index is 0.0321. The number of rotatable bonds is 2. The Labute approximate surface area is 100 Å². The highest BCUT2D eigenvalue weighted by atomic mass is 19.1. The van der Waals surface area contributed by atoms with E-state index >= 15 is 0 Å². The van der Waals surface area contributed by atoms with Crippen LogP contribution < -0.4 is 10.6 Å². The Balaban J connectivity index is 2.01. The van der Waals surface area contributed by atoms with Gasteiger partial charge in [0.15, 0.2) is 0 Å². The minimum atomic E-state index is -0.336. The Morgan fingerprint density at radius 3 is 3.06 bits per heavy atom. The van der Waals surface area contributed by atoms with E-state index in [0.29, 0.717) is 5.69 Å². The molecule has 1 amide bonds. The fourth-order valence-corrected chi connectivity index (χ4v) is 2.20. The number of anilines is 1. The maximum atomic E-state index is 13.0. The average Bonchev–Trinajstić information content (AvgIpc) is 2.29. The van der Waals surface area contributed by atoms with Crippen LogP contribution in [0.2, 0.25) is 0 Å². The summed E-state index contributed by atoms with van der Waals surface area (Å²) < 4.78 is 13.0. The van der Waals surface area contributed by atoms with E-state index in [1.165, 1.54) is 12.1 Å². The van der Waals surface area contributed by atoms with Gasteiger partial charge in [-0.15, -0.1) is 0 Å². The lowest BCUT2D eigenvalue weighted by molar-refractivity contribution is -0.121. The van der Waals surface area contributed by atoms with E-state index in [0.717, 1.165) is 19.4 Å². The Hall–Kier alpha value is -1.42. The van der Waals surface area contributed by atoms with Crippen LogP contribution in [0, 0.1) is 11.7 Å². The van der Waals surface area contributed by atoms with Crippen molar-refractivity contribution in [3.05, 3.63) is 30.1 Å². The smallest absolute Gasteiger partial charge is 0.229 e. The van der Waals surface area contributed by atoms with E-state index < -0.39 is 0 Å². The second-order valence-electron chi connectivity index (χ2n) is 4.49. The molecule has 0 aromatic heterocycles. The lowest BCUT2D eigenvalue weighted by Gasteiger charge is -2.28. The number of halogens is 1. The molecule has 0 saturated carbocycles. The first kappa shape index (κ1) is 12.0. The van der Waals surface area contributed by atoms with Crippen LogP contribution in [-0.2, 0) is 4.79 Å². The quantitative estimate of drug-likeness (QED) is 0.826. The number of hydrogen-bond donors (Lipinski definition) is 2. The second kappa shape index (κ2) is 5.27. The summed E-state index contributed by atoms with van der Waals surface area (Å²) in [6, 6.07) is 6.16. The van der Waals surface area contributed by atoms with Crippen LogP contribution >= 0.6 is 0 Å². The molecule has 1 aromatic rings. The molecular weight excluding hydrogens is 219 g/mol. The molecule has 0 bridgehead atoms. The summed E-state index contributed by atoms with van der Waals surface area (Å²) >= 11 is 0. The SMILES string of the molecule is CC1NCCCC1C(=O)Nc1cccc(F)c1. The van der Waals surface area contributed by atoms with Gasteiger partial charge in [-0.2, -0.15) is 0 Å². The highest BCUT2D eigenvalue weighted by Crippen LogP contribution is 2.19. The van der Waals surface area contributed by atoms with Crippen molar-refractivity contribution in [2.45, 2.75) is 25.8 Å². The summed E-state index contributed by atoms with van der Waals surface area (Å²) in [5, 5.41) is 6.04. The van der Waals surface area contributed by atoms with Crippen LogP contribution in [-0.4, -0.2) is 18.5 Å². The molecule has 3 nitrogen and oxygen atoms in total. The predicted octanol–water partition coefficient (Wildman–Crippen LogP) is 2.15. The molecule has 0 spiro atoms. The van der Waals surface area contributed by atoms with Gasteiger partial charge in [0.1, 0.15) is 5.82 Å². The van der Waals surface area contributed by atoms with E-state index in [1.807, 2.05) is 6.92 Å². The van der Waals surface area contributed by atoms with Gasteiger partial charge in [0.25, 0.3) is 0 Å². The van der Waals surface area contributed by atoms with Gasteiger partial charge in [0.2, 0.25) is 5.91 Å². The molecule has 2 N–H and O–H groups in total. The predicted molar refractivity (Wildman–Crippen MR) is 65.2 cm³/mol. The first-order valence-corrected chi connectivity index (χ1v) is 5.96. The van der Waals surface area contributed by atoms with Gasteiger partial charge < -0.3 is 10.6 Å². The maximum absolute atomic E-state index is 13.0. The molecule has 1 fully saturated rings. The van der Waals surface area contributed by atoms with Crippen LogP contribution in [0.25, 0.3) is 0 Å². The summed E-state index contributed by atoms with van der Waals surface area (Å²) in [5.74, 6) is -0.403. The summed E-state index contributed by atoms with van der Waals surface area (Å²) in [4.78, 5) is 12.0. The van der Waals surface area contributed by atoms with Crippen molar-refractivity contribution in [1.82, 2.24) is 5.32 Å². The molecule has 92 valence electrons. The zero-order chi connectivity index (χ0) is 12.3. The third kappa shape index (κ3) is 3.03. The first-order valence-electron chi connectivity index (χ1n) is 5.96. The number of benzene rings is 1. The van der Waals surface area contributed by atoms with Gasteiger partial charge in [0.05, 0.1) is 5.92 Å². The van der Waals surface area contributed by atoms with Gasteiger partial charge in [-0.1, -0.05) is 6.07 Å². The van der Waals surface area contributed by atoms with Crippen molar-refractivity contribution in [1.29, 1.82) is 0 Å². The molecule has 1 aliphatic heterocycles. The number of piperidine rings is 1. The van der Waals surface area contributed by atoms with Crippen LogP contribution in [0.1, 0.15) is 19.8 Å². The van der Waals surface area contributed by atoms with Crippen molar-refractivity contribution >= 4 is 11.6 Å². The molecule has 1 saturated heterocycles. The topological polar surface area (TPSA) is 41.1 Å². The molecule has 0 radical (unpaired) electrons. The van der Waals surface area contributed by atoms with Gasteiger partial charge in [-0.25, -0.2) is 4.39 Å². The fraction of sp³-hybridized carbons (Fsp3) is 0.462. The van der Waals surface area contributed by atoms with Crippen molar-refractivity contribution < 1.29 is 9.18 Å². The van der Waals surface area contributed by atoms with Gasteiger partial charge in [0, 0.05) is 11.7 Å². The zero-order valence-electron chi connectivity index (χ0n) is 9.87. The standard InChI is InChI=1S/C13H17FN2O/c1-9-12(6-3-7-15-9)13(17)16-11-5-2-4-10(14)8-11/h2,4-5,8-9,12,15H,3,6-7H2,1H3,(H,16,17). The lowest BCUT2D eigenvalue weighted by atomic mass is 9.91. The van der Waals surface area contributed by atoms with Crippen LogP contribution in [0.5, 0.6) is 0 Å². The highest BCUT2D eigenvalue weighted by molar-refractivity contribution is 5.93. The van der Waals surface area contributed by atoms with Gasteiger partial charge in [-0.05, 0) is 44.5 Å². The zero-order valence-corrected chi connectivity index (χ0v) is 9.87. The van der Waals surface area contributed by atoms with Gasteiger partial charge >= 0.3 is 0 Å². The van der Waals surface area contributed by atoms with Crippen molar-refractivity contribution in [3.63, 3.8) is 0 Å². The molecule has 2 rings (SSSR count). The Bertz CT molecular complexity index is 408. The van der Waals surface area contributed by atoms with E-state index in [1.54, 1.807) is 12.1 Å². The highest BCUT2D eigenvalue weighted by Gasteiger charge is 2.27. The number of hydrogen-bond acceptors (Lipinski definition) is 2. The molecule has 0 aliphatic carbocycles. The number of amides is 1. The Kier molecular flexibility index (Phi) is 3.74. The normalized spacial score (nSPS) is 24.4. The van der Waals surface area contributed by atoms with Crippen LogP contribution in [0.3, 0.4) is 0 Å². The first-order chi connectivity index (χ1) is 8.16. The Morgan fingerprint density at radius 2 is 2.35 bits per heavy atom. The summed E-state index contributed by atoms with van der Waals surface area (Å²) in [6.07, 6.45) is 1.89. The van der Waals surface area contributed by atoms with Crippen molar-refractivity contribution in [3.8, 4) is 0 Å². The average molecular weight is 236 g/mol. The van der Waals surface area contributed by atoms with E-state index in [9.17, 15) is 9.18 Å². The van der Waals surface area contributed by atoms with Gasteiger partial charge in [-0.3, -0.25) is 4.79 Å². The molecule has 4 heteroatoms. The summed E-state index contributed by atoms with van der Waals surface area (Å²) in [5.41, 5.74) is 0.521. The molecule has 17 heavy (non-hydrogen) atoms. The monoisotopic (exact) mass is 236 g/mol. The van der Waals surface area contributed by atoms with Crippen molar-refractivity contribution in [2.75, 3.05) is 11.9 Å². The molecule has 1 aromatic carbocycles. The molecule has 2 unspecified atom stereocenters. The maximum Gasteiger partial charge on any atom is 0.229 e. The molecule has 1 aliphatic rings. The Morgan fingerprint density at radius 1 is 1.53 bits per heavy atom. The second-order valence-corrected chi connectivity index (χ2v) is 4.49. The third-order valence-corrected chi connectivity index (χ3v) is 3.19. The van der Waals surface area contributed by atoms with E-state index in [2.05, 4.69) is 10.6 Å². The number of carbonyl (C=O) groups is 1. The largest absolute Gasteiger partial charge is 0.326 e. The van der Waals surface area contributed by atoms with E-state index in [-0.39, 0.29) is 23.7 Å². The fourth-order valence-electron chi connectivity index (χ4n) is 2.20. The molecule has 2 atom stereocenters. The van der Waals surface area contributed by atoms with Crippen LogP contribution in [0.15, 0.2) is 24.3 Å². The lowest BCUT2D eigenvalue weighted by Crippen LogP contribution is -2.44. The van der Waals surface area contributed by atoms with Crippen molar-refractivity contribution in [2.24, 2.45) is 5.92 Å². The van der Waals surface area contributed by atoms with E-state index in [4.69, 9.17) is 0 Å². The third-order valence-electron chi connectivity index (χ3n) is 3.19. The van der Waals surface area contributed by atoms with Crippen LogP contribution in [0.4, 0.5) is 10.1 Å². The molecular formula is C13H17FN2O. The summed E-state index contributed by atoms with van der Waals surface area (Å²) in [6.45, 7) is 2.97.